The van der Waals surface area contributed by atoms with E-state index in [1.807, 2.05) is 60.7 Å². The van der Waals surface area contributed by atoms with Crippen LogP contribution in [0.25, 0.3) is 10.9 Å². The summed E-state index contributed by atoms with van der Waals surface area (Å²) in [6.45, 7) is 5.70. The van der Waals surface area contributed by atoms with Gasteiger partial charge in [0.1, 0.15) is 23.8 Å². The number of hydrogen-bond donors (Lipinski definition) is 1. The minimum absolute atomic E-state index is 0.269. The zero-order chi connectivity index (χ0) is 29.6. The van der Waals surface area contributed by atoms with Gasteiger partial charge in [-0.25, -0.2) is 4.39 Å². The van der Waals surface area contributed by atoms with Crippen molar-refractivity contribution in [3.63, 3.8) is 0 Å². The monoisotopic (exact) mass is 573 g/mol. The Bertz CT molecular complexity index is 1730. The first-order valence-electron chi connectivity index (χ1n) is 14.9. The molecular formula is C37H36FN3O2. The Morgan fingerprint density at radius 1 is 0.977 bits per heavy atom. The van der Waals surface area contributed by atoms with E-state index in [0.717, 1.165) is 66.9 Å². The van der Waals surface area contributed by atoms with Gasteiger partial charge in [-0.15, -0.1) is 0 Å². The van der Waals surface area contributed by atoms with Crippen LogP contribution in [0.4, 0.5) is 4.39 Å². The second kappa shape index (κ2) is 12.8. The van der Waals surface area contributed by atoms with E-state index in [1.54, 1.807) is 0 Å². The molecule has 5 nitrogen and oxygen atoms in total. The van der Waals surface area contributed by atoms with Crippen molar-refractivity contribution in [2.45, 2.75) is 38.4 Å². The lowest BCUT2D eigenvalue weighted by Gasteiger charge is -2.32. The second-order valence-corrected chi connectivity index (χ2v) is 11.3. The maximum absolute atomic E-state index is 13.9. The van der Waals surface area contributed by atoms with E-state index in [1.165, 1.54) is 28.6 Å². The Kier molecular flexibility index (Phi) is 8.55. The number of halogens is 1. The van der Waals surface area contributed by atoms with Crippen molar-refractivity contribution in [3.8, 4) is 11.8 Å². The van der Waals surface area contributed by atoms with E-state index in [0.29, 0.717) is 18.8 Å². The number of aromatic amines is 1. The second-order valence-electron chi connectivity index (χ2n) is 11.3. The maximum atomic E-state index is 13.9. The molecule has 1 unspecified atom stereocenters. The lowest BCUT2D eigenvalue weighted by atomic mass is 9.81. The van der Waals surface area contributed by atoms with Crippen LogP contribution in [0.3, 0.4) is 0 Å². The molecular weight excluding hydrogens is 537 g/mol. The SMILES string of the molecule is Cc1ccc2[nH]cc(CCN(CCCC3(c4ccc(F)cc4)OCc4cc(C#N)ccc43)CCOc3ccccc3)c2c1. The van der Waals surface area contributed by atoms with Gasteiger partial charge in [0.25, 0.3) is 0 Å². The Morgan fingerprint density at radius 3 is 2.63 bits per heavy atom. The topological polar surface area (TPSA) is 61.3 Å². The first-order chi connectivity index (χ1) is 21.0. The standard InChI is InChI=1S/C37H36FN3O2/c1-27-8-15-36-34(22-27)29(25-40-36)16-19-41(20-21-42-33-6-3-2-4-7-33)18-5-17-37(31-10-12-32(38)13-11-31)35-14-9-28(24-39)23-30(35)26-43-37/h2-4,6-15,22-23,25,40H,5,16-21,26H2,1H3. The van der Waals surface area contributed by atoms with Crippen molar-refractivity contribution < 1.29 is 13.9 Å². The number of H-pyrrole nitrogens is 1. The third kappa shape index (κ3) is 6.34. The number of fused-ring (bicyclic) bond motifs is 2. The Hall–Kier alpha value is -4.44. The van der Waals surface area contributed by atoms with Gasteiger partial charge in [-0.05, 0) is 104 Å². The molecule has 0 saturated heterocycles. The lowest BCUT2D eigenvalue weighted by molar-refractivity contribution is -0.0147. The van der Waals surface area contributed by atoms with Gasteiger partial charge in [-0.2, -0.15) is 5.26 Å². The summed E-state index contributed by atoms with van der Waals surface area (Å²) in [6, 6.07) is 31.1. The fraction of sp³-hybridized carbons (Fsp3) is 0.270. The first-order valence-corrected chi connectivity index (χ1v) is 14.9. The molecule has 0 amide bonds. The van der Waals surface area contributed by atoms with Crippen LogP contribution in [-0.2, 0) is 23.4 Å². The predicted molar refractivity (Wildman–Crippen MR) is 167 cm³/mol. The molecule has 1 aliphatic heterocycles. The molecule has 2 heterocycles. The van der Waals surface area contributed by atoms with Crippen LogP contribution in [0, 0.1) is 24.1 Å². The maximum Gasteiger partial charge on any atom is 0.123 e. The van der Waals surface area contributed by atoms with Crippen molar-refractivity contribution in [3.05, 3.63) is 136 Å². The summed E-state index contributed by atoms with van der Waals surface area (Å²) in [5.41, 5.74) is 6.69. The lowest BCUT2D eigenvalue weighted by Crippen LogP contribution is -2.34. The number of nitrogens with zero attached hydrogens (tertiary/aromatic N) is 2. The van der Waals surface area contributed by atoms with Gasteiger partial charge in [0.15, 0.2) is 0 Å². The number of rotatable bonds is 12. The molecule has 0 radical (unpaired) electrons. The summed E-state index contributed by atoms with van der Waals surface area (Å²) in [5.74, 6) is 0.603. The predicted octanol–water partition coefficient (Wildman–Crippen LogP) is 7.66. The molecule has 0 fully saturated rings. The summed E-state index contributed by atoms with van der Waals surface area (Å²) in [4.78, 5) is 5.89. The van der Waals surface area contributed by atoms with E-state index in [-0.39, 0.29) is 5.82 Å². The summed E-state index contributed by atoms with van der Waals surface area (Å²) < 4.78 is 26.5. The van der Waals surface area contributed by atoms with E-state index in [2.05, 4.69) is 47.3 Å². The van der Waals surface area contributed by atoms with E-state index in [9.17, 15) is 9.65 Å². The number of aryl methyl sites for hydroxylation is 1. The van der Waals surface area contributed by atoms with Crippen molar-refractivity contribution in [2.75, 3.05) is 26.2 Å². The summed E-state index contributed by atoms with van der Waals surface area (Å²) in [5, 5.41) is 10.7. The highest BCUT2D eigenvalue weighted by Crippen LogP contribution is 2.45. The van der Waals surface area contributed by atoms with E-state index >= 15 is 0 Å². The number of benzene rings is 4. The Morgan fingerprint density at radius 2 is 1.81 bits per heavy atom. The molecule has 0 spiro atoms. The fourth-order valence-corrected chi connectivity index (χ4v) is 6.24. The minimum Gasteiger partial charge on any atom is -0.492 e. The molecule has 0 aliphatic carbocycles. The molecule has 4 aromatic carbocycles. The number of ether oxygens (including phenoxy) is 2. The molecule has 0 saturated carbocycles. The third-order valence-corrected chi connectivity index (χ3v) is 8.50. The largest absolute Gasteiger partial charge is 0.492 e. The number of para-hydroxylation sites is 1. The van der Waals surface area contributed by atoms with Crippen LogP contribution in [0.15, 0.2) is 97.2 Å². The van der Waals surface area contributed by atoms with Gasteiger partial charge in [-0.1, -0.05) is 48.0 Å². The number of nitriles is 1. The fourth-order valence-electron chi connectivity index (χ4n) is 6.24. The van der Waals surface area contributed by atoms with Gasteiger partial charge in [0.05, 0.1) is 18.2 Å². The highest BCUT2D eigenvalue weighted by atomic mass is 19.1. The van der Waals surface area contributed by atoms with Crippen LogP contribution in [0.1, 0.15) is 46.2 Å². The average molecular weight is 574 g/mol. The van der Waals surface area contributed by atoms with Gasteiger partial charge in [0, 0.05) is 30.2 Å². The molecule has 6 rings (SSSR count). The summed E-state index contributed by atoms with van der Waals surface area (Å²) >= 11 is 0. The zero-order valence-electron chi connectivity index (χ0n) is 24.5. The van der Waals surface area contributed by atoms with Crippen LogP contribution in [0.5, 0.6) is 5.75 Å². The van der Waals surface area contributed by atoms with E-state index in [4.69, 9.17) is 9.47 Å². The highest BCUT2D eigenvalue weighted by Gasteiger charge is 2.41. The molecule has 5 aromatic rings. The van der Waals surface area contributed by atoms with Crippen LogP contribution >= 0.6 is 0 Å². The number of nitrogens with one attached hydrogen (secondary N) is 1. The normalized spacial score (nSPS) is 16.0. The third-order valence-electron chi connectivity index (χ3n) is 8.50. The average Bonchev–Trinajstić information content (AvgIpc) is 3.61. The van der Waals surface area contributed by atoms with Gasteiger partial charge >= 0.3 is 0 Å². The van der Waals surface area contributed by atoms with E-state index < -0.39 is 5.60 Å². The van der Waals surface area contributed by atoms with Gasteiger partial charge in [0.2, 0.25) is 0 Å². The molecule has 0 bridgehead atoms. The van der Waals surface area contributed by atoms with Gasteiger partial charge in [-0.3, -0.25) is 4.90 Å². The van der Waals surface area contributed by atoms with Crippen LogP contribution in [0.2, 0.25) is 0 Å². The quantitative estimate of drug-likeness (QED) is 0.166. The molecule has 1 atom stereocenters. The number of aromatic nitrogens is 1. The molecule has 6 heteroatoms. The first kappa shape index (κ1) is 28.7. The summed E-state index contributed by atoms with van der Waals surface area (Å²) in [6.07, 6.45) is 4.66. The Balaban J connectivity index is 1.19. The van der Waals surface area contributed by atoms with Crippen molar-refractivity contribution >= 4 is 10.9 Å². The molecule has 1 aromatic heterocycles. The molecule has 1 N–H and O–H groups in total. The van der Waals surface area contributed by atoms with Crippen molar-refractivity contribution in [1.29, 1.82) is 5.26 Å². The van der Waals surface area contributed by atoms with Crippen molar-refractivity contribution in [2.24, 2.45) is 0 Å². The molecule has 43 heavy (non-hydrogen) atoms. The zero-order valence-corrected chi connectivity index (χ0v) is 24.5. The van der Waals surface area contributed by atoms with Gasteiger partial charge < -0.3 is 14.5 Å². The molecule has 218 valence electrons. The minimum atomic E-state index is -0.683. The number of hydrogen-bond acceptors (Lipinski definition) is 4. The summed E-state index contributed by atoms with van der Waals surface area (Å²) in [7, 11) is 0. The van der Waals surface area contributed by atoms with Crippen molar-refractivity contribution in [1.82, 2.24) is 9.88 Å². The van der Waals surface area contributed by atoms with Crippen LogP contribution in [-0.4, -0.2) is 36.1 Å². The Labute approximate surface area is 252 Å². The molecule has 1 aliphatic rings. The highest BCUT2D eigenvalue weighted by molar-refractivity contribution is 5.83. The smallest absolute Gasteiger partial charge is 0.123 e. The van der Waals surface area contributed by atoms with Crippen LogP contribution < -0.4 is 4.74 Å².